The zero-order valence-electron chi connectivity index (χ0n) is 12.1. The molecule has 1 N–H and O–H groups in total. The fourth-order valence-corrected chi connectivity index (χ4v) is 2.29. The van der Waals surface area contributed by atoms with E-state index in [1.807, 2.05) is 0 Å². The highest BCUT2D eigenvalue weighted by Crippen LogP contribution is 2.32. The van der Waals surface area contributed by atoms with Gasteiger partial charge in [0.1, 0.15) is 5.75 Å². The Morgan fingerprint density at radius 1 is 0.826 bits per heavy atom. The van der Waals surface area contributed by atoms with Crippen molar-refractivity contribution in [1.29, 1.82) is 0 Å². The molecule has 0 atom stereocenters. The molecule has 3 aromatic rings. The highest BCUT2D eigenvalue weighted by Gasteiger charge is 2.15. The maximum Gasteiger partial charge on any atom is 0.196 e. The van der Waals surface area contributed by atoms with E-state index in [1.54, 1.807) is 66.7 Å². The molecule has 0 amide bonds. The number of para-hydroxylation sites is 3. The lowest BCUT2D eigenvalue weighted by atomic mass is 10.0. The first-order chi connectivity index (χ1) is 11.1. The van der Waals surface area contributed by atoms with Gasteiger partial charge in [0.05, 0.1) is 5.56 Å². The van der Waals surface area contributed by atoms with Crippen molar-refractivity contribution >= 4 is 17.4 Å². The van der Waals surface area contributed by atoms with Gasteiger partial charge in [-0.15, -0.1) is 0 Å². The van der Waals surface area contributed by atoms with E-state index in [9.17, 15) is 9.90 Å². The minimum atomic E-state index is -0.173. The summed E-state index contributed by atoms with van der Waals surface area (Å²) < 4.78 is 5.71. The summed E-state index contributed by atoms with van der Waals surface area (Å²) in [5.74, 6) is 0.520. The first-order valence-corrected chi connectivity index (χ1v) is 7.38. The molecular weight excluding hydrogens is 312 g/mol. The molecule has 23 heavy (non-hydrogen) atoms. The number of ether oxygens (including phenoxy) is 1. The Morgan fingerprint density at radius 2 is 1.43 bits per heavy atom. The molecule has 0 fully saturated rings. The van der Waals surface area contributed by atoms with Gasteiger partial charge in [0, 0.05) is 10.6 Å². The predicted molar refractivity (Wildman–Crippen MR) is 89.5 cm³/mol. The van der Waals surface area contributed by atoms with E-state index < -0.39 is 0 Å². The van der Waals surface area contributed by atoms with Crippen molar-refractivity contribution in [3.63, 3.8) is 0 Å². The van der Waals surface area contributed by atoms with Crippen molar-refractivity contribution in [2.24, 2.45) is 0 Å². The second-order valence-electron chi connectivity index (χ2n) is 4.90. The zero-order chi connectivity index (χ0) is 16.2. The normalized spacial score (nSPS) is 10.3. The van der Waals surface area contributed by atoms with E-state index in [2.05, 4.69) is 0 Å². The first kappa shape index (κ1) is 15.1. The topological polar surface area (TPSA) is 46.5 Å². The Balaban J connectivity index is 1.96. The molecule has 0 radical (unpaired) electrons. The van der Waals surface area contributed by atoms with E-state index in [0.717, 1.165) is 0 Å². The second kappa shape index (κ2) is 6.55. The monoisotopic (exact) mass is 324 g/mol. The molecule has 0 aliphatic heterocycles. The molecule has 0 saturated heterocycles. The molecular formula is C19H13ClO3. The van der Waals surface area contributed by atoms with Crippen LogP contribution in [-0.2, 0) is 0 Å². The molecule has 0 heterocycles. The summed E-state index contributed by atoms with van der Waals surface area (Å²) in [6, 6.07) is 20.2. The number of hydrogen-bond donors (Lipinski definition) is 1. The largest absolute Gasteiger partial charge is 0.504 e. The third-order valence-electron chi connectivity index (χ3n) is 3.32. The van der Waals surface area contributed by atoms with Crippen LogP contribution in [0.5, 0.6) is 17.2 Å². The van der Waals surface area contributed by atoms with Gasteiger partial charge in [-0.25, -0.2) is 0 Å². The summed E-state index contributed by atoms with van der Waals surface area (Å²) in [4.78, 5) is 12.7. The van der Waals surface area contributed by atoms with Crippen LogP contribution in [-0.4, -0.2) is 10.9 Å². The molecule has 3 aromatic carbocycles. The minimum Gasteiger partial charge on any atom is -0.504 e. The number of carbonyl (C=O) groups excluding carboxylic acids is 1. The summed E-state index contributed by atoms with van der Waals surface area (Å²) >= 11 is 5.85. The van der Waals surface area contributed by atoms with Crippen molar-refractivity contribution < 1.29 is 14.6 Å². The lowest BCUT2D eigenvalue weighted by molar-refractivity contribution is 0.103. The highest BCUT2D eigenvalue weighted by molar-refractivity contribution is 6.30. The maximum atomic E-state index is 12.7. The van der Waals surface area contributed by atoms with Gasteiger partial charge >= 0.3 is 0 Å². The van der Waals surface area contributed by atoms with Crippen LogP contribution in [0, 0.1) is 0 Å². The van der Waals surface area contributed by atoms with Gasteiger partial charge in [0.2, 0.25) is 0 Å². The smallest absolute Gasteiger partial charge is 0.196 e. The first-order valence-electron chi connectivity index (χ1n) is 7.00. The number of carbonyl (C=O) groups is 1. The molecule has 0 aromatic heterocycles. The van der Waals surface area contributed by atoms with Crippen molar-refractivity contribution in [2.45, 2.75) is 0 Å². The Kier molecular flexibility index (Phi) is 4.31. The summed E-state index contributed by atoms with van der Waals surface area (Å²) in [5.41, 5.74) is 0.931. The van der Waals surface area contributed by atoms with Crippen LogP contribution in [0.15, 0.2) is 72.8 Å². The number of halogens is 1. The molecule has 4 heteroatoms. The molecule has 3 rings (SSSR count). The van der Waals surface area contributed by atoms with Gasteiger partial charge in [-0.3, -0.25) is 4.79 Å². The third kappa shape index (κ3) is 3.35. The highest BCUT2D eigenvalue weighted by atomic mass is 35.5. The number of aromatic hydroxyl groups is 1. The Morgan fingerprint density at radius 3 is 2.13 bits per heavy atom. The third-order valence-corrected chi connectivity index (χ3v) is 3.58. The lowest BCUT2D eigenvalue weighted by Gasteiger charge is -2.11. The number of ketones is 1. The van der Waals surface area contributed by atoms with E-state index in [1.165, 1.54) is 6.07 Å². The van der Waals surface area contributed by atoms with E-state index in [0.29, 0.717) is 27.6 Å². The van der Waals surface area contributed by atoms with E-state index in [4.69, 9.17) is 16.3 Å². The fourth-order valence-electron chi connectivity index (χ4n) is 2.16. The summed E-state index contributed by atoms with van der Waals surface area (Å²) in [5, 5.41) is 10.4. The van der Waals surface area contributed by atoms with Crippen molar-refractivity contribution in [1.82, 2.24) is 0 Å². The summed E-state index contributed by atoms with van der Waals surface area (Å²) in [7, 11) is 0. The minimum absolute atomic E-state index is 0.0150. The molecule has 0 bridgehead atoms. The van der Waals surface area contributed by atoms with Gasteiger partial charge in [-0.05, 0) is 48.5 Å². The van der Waals surface area contributed by atoms with Gasteiger partial charge in [0.15, 0.2) is 17.3 Å². The number of benzene rings is 3. The zero-order valence-corrected chi connectivity index (χ0v) is 12.8. The van der Waals surface area contributed by atoms with E-state index in [-0.39, 0.29) is 11.5 Å². The number of rotatable bonds is 4. The van der Waals surface area contributed by atoms with Crippen LogP contribution in [0.3, 0.4) is 0 Å². The average molecular weight is 325 g/mol. The van der Waals surface area contributed by atoms with Crippen molar-refractivity contribution in [3.05, 3.63) is 88.9 Å². The van der Waals surface area contributed by atoms with Crippen LogP contribution in [0.1, 0.15) is 15.9 Å². The predicted octanol–water partition coefficient (Wildman–Crippen LogP) is 5.07. The summed E-state index contributed by atoms with van der Waals surface area (Å²) in [6.07, 6.45) is 0. The van der Waals surface area contributed by atoms with Gasteiger partial charge < -0.3 is 9.84 Å². The molecule has 114 valence electrons. The SMILES string of the molecule is O=C(c1ccc(Cl)cc1)c1ccccc1Oc1ccccc1O. The Bertz CT molecular complexity index is 841. The standard InChI is InChI=1S/C19H13ClO3/c20-14-11-9-13(10-12-14)19(22)15-5-1-3-7-17(15)23-18-8-4-2-6-16(18)21/h1-12,21H. The number of phenols is 1. The van der Waals surface area contributed by atoms with Crippen LogP contribution in [0.2, 0.25) is 5.02 Å². The summed E-state index contributed by atoms with van der Waals surface area (Å²) in [6.45, 7) is 0. The van der Waals surface area contributed by atoms with E-state index >= 15 is 0 Å². The molecule has 3 nitrogen and oxygen atoms in total. The van der Waals surface area contributed by atoms with Crippen LogP contribution >= 0.6 is 11.6 Å². The van der Waals surface area contributed by atoms with Gasteiger partial charge in [-0.1, -0.05) is 35.9 Å². The van der Waals surface area contributed by atoms with Crippen LogP contribution in [0.25, 0.3) is 0 Å². The molecule has 0 unspecified atom stereocenters. The maximum absolute atomic E-state index is 12.7. The number of hydrogen-bond acceptors (Lipinski definition) is 3. The number of phenolic OH excluding ortho intramolecular Hbond substituents is 1. The Labute approximate surface area is 138 Å². The molecule has 0 saturated carbocycles. The van der Waals surface area contributed by atoms with Gasteiger partial charge in [-0.2, -0.15) is 0 Å². The quantitative estimate of drug-likeness (QED) is 0.682. The van der Waals surface area contributed by atoms with Crippen LogP contribution < -0.4 is 4.74 Å². The second-order valence-corrected chi connectivity index (χ2v) is 5.34. The van der Waals surface area contributed by atoms with Crippen LogP contribution in [0.4, 0.5) is 0 Å². The van der Waals surface area contributed by atoms with Gasteiger partial charge in [0.25, 0.3) is 0 Å². The Hall–Kier alpha value is -2.78. The average Bonchev–Trinajstić information content (AvgIpc) is 2.57. The molecule has 0 aliphatic rings. The fraction of sp³-hybridized carbons (Fsp3) is 0. The molecule has 0 aliphatic carbocycles. The lowest BCUT2D eigenvalue weighted by Crippen LogP contribution is -2.03. The molecule has 0 spiro atoms. The van der Waals surface area contributed by atoms with Crippen molar-refractivity contribution in [2.75, 3.05) is 0 Å². The van der Waals surface area contributed by atoms with Crippen molar-refractivity contribution in [3.8, 4) is 17.2 Å².